The van der Waals surface area contributed by atoms with Crippen molar-refractivity contribution in [2.45, 2.75) is 25.9 Å². The molecule has 1 heterocycles. The maximum Gasteiger partial charge on any atom is 0.195 e. The van der Waals surface area contributed by atoms with E-state index in [1.54, 1.807) is 0 Å². The van der Waals surface area contributed by atoms with E-state index in [2.05, 4.69) is 29.2 Å². The summed E-state index contributed by atoms with van der Waals surface area (Å²) in [5.41, 5.74) is 2.69. The monoisotopic (exact) mass is 288 g/mol. The summed E-state index contributed by atoms with van der Waals surface area (Å²) in [5.74, 6) is 1.000. The maximum atomic E-state index is 4.72. The first-order valence-corrected chi connectivity index (χ1v) is 7.75. The van der Waals surface area contributed by atoms with E-state index in [1.807, 2.05) is 38.0 Å². The van der Waals surface area contributed by atoms with Gasteiger partial charge in [-0.2, -0.15) is 0 Å². The largest absolute Gasteiger partial charge is 0.349 e. The van der Waals surface area contributed by atoms with Crippen LogP contribution in [0, 0.1) is 0 Å². The molecule has 0 bridgehead atoms. The number of benzene rings is 1. The third-order valence-electron chi connectivity index (χ3n) is 3.80. The van der Waals surface area contributed by atoms with Crippen molar-refractivity contribution in [1.29, 1.82) is 0 Å². The normalized spacial score (nSPS) is 15.0. The first kappa shape index (κ1) is 15.8. The maximum absolute atomic E-state index is 4.72. The first-order valence-electron chi connectivity index (χ1n) is 7.75. The van der Waals surface area contributed by atoms with Gasteiger partial charge < -0.3 is 9.80 Å². The van der Waals surface area contributed by atoms with Gasteiger partial charge in [-0.1, -0.05) is 24.3 Å². The smallest absolute Gasteiger partial charge is 0.195 e. The molecule has 0 aromatic heterocycles. The van der Waals surface area contributed by atoms with Gasteiger partial charge in [-0.05, 0) is 37.1 Å². The van der Waals surface area contributed by atoms with Crippen LogP contribution in [0.3, 0.4) is 0 Å². The van der Waals surface area contributed by atoms with Gasteiger partial charge in [0, 0.05) is 34.7 Å². The van der Waals surface area contributed by atoms with Crippen LogP contribution >= 0.6 is 0 Å². The molecule has 0 N–H and O–H groups in total. The van der Waals surface area contributed by atoms with Crippen LogP contribution in [-0.2, 0) is 13.1 Å². The molecule has 1 aliphatic rings. The topological polar surface area (TPSA) is 22.1 Å². The molecule has 0 radical (unpaired) electrons. The Morgan fingerprint density at radius 2 is 1.67 bits per heavy atom. The van der Waals surface area contributed by atoms with Gasteiger partial charge in [0.15, 0.2) is 5.96 Å². The molecule has 116 valence electrons. The Balaban J connectivity index is 2.01. The molecule has 4 nitrogen and oxygen atoms in total. The lowest BCUT2D eigenvalue weighted by molar-refractivity contribution is 0.331. The van der Waals surface area contributed by atoms with Crippen molar-refractivity contribution in [3.05, 3.63) is 35.4 Å². The van der Waals surface area contributed by atoms with Gasteiger partial charge in [-0.15, -0.1) is 0 Å². The molecule has 4 heteroatoms. The molecule has 21 heavy (non-hydrogen) atoms. The van der Waals surface area contributed by atoms with Crippen LogP contribution in [0.15, 0.2) is 29.3 Å². The van der Waals surface area contributed by atoms with Gasteiger partial charge >= 0.3 is 0 Å². The summed E-state index contributed by atoms with van der Waals surface area (Å²) < 4.78 is 0. The predicted molar refractivity (Wildman–Crippen MR) is 89.5 cm³/mol. The Bertz CT molecular complexity index is 463. The molecule has 0 saturated carbocycles. The van der Waals surface area contributed by atoms with E-state index in [0.29, 0.717) is 0 Å². The second kappa shape index (κ2) is 7.46. The standard InChI is InChI=1S/C17H28N4/c1-19(2)17(20(3)4)18-13-15-8-7-9-16(12-15)14-21-10-5-6-11-21/h7-9,12H,5-6,10-11,13-14H2,1-4H3. The predicted octanol–water partition coefficient (Wildman–Crippen LogP) is 2.26. The molecule has 1 fully saturated rings. The van der Waals surface area contributed by atoms with Crippen LogP contribution in [-0.4, -0.2) is 61.9 Å². The number of hydrogen-bond acceptors (Lipinski definition) is 2. The molecule has 0 amide bonds. The van der Waals surface area contributed by atoms with Gasteiger partial charge in [0.05, 0.1) is 6.54 Å². The zero-order valence-corrected chi connectivity index (χ0v) is 13.8. The van der Waals surface area contributed by atoms with Crippen LogP contribution in [0.1, 0.15) is 24.0 Å². The second-order valence-corrected chi connectivity index (χ2v) is 6.21. The molecule has 1 aromatic rings. The molecule has 1 saturated heterocycles. The van der Waals surface area contributed by atoms with E-state index in [1.165, 1.54) is 37.1 Å². The molecule has 1 aromatic carbocycles. The van der Waals surface area contributed by atoms with E-state index in [4.69, 9.17) is 4.99 Å². The number of guanidine groups is 1. The number of aliphatic imine (C=N–C) groups is 1. The second-order valence-electron chi connectivity index (χ2n) is 6.21. The first-order chi connectivity index (χ1) is 10.1. The lowest BCUT2D eigenvalue weighted by atomic mass is 10.1. The van der Waals surface area contributed by atoms with E-state index in [9.17, 15) is 0 Å². The Labute approximate surface area is 129 Å². The fraction of sp³-hybridized carbons (Fsp3) is 0.588. The van der Waals surface area contributed by atoms with Gasteiger partial charge in [0.1, 0.15) is 0 Å². The molecular formula is C17H28N4. The molecule has 0 aliphatic carbocycles. The minimum Gasteiger partial charge on any atom is -0.349 e. The van der Waals surface area contributed by atoms with Crippen LogP contribution in [0.25, 0.3) is 0 Å². The summed E-state index contributed by atoms with van der Waals surface area (Å²) in [6, 6.07) is 8.84. The molecular weight excluding hydrogens is 260 g/mol. The van der Waals surface area contributed by atoms with Crippen LogP contribution in [0.5, 0.6) is 0 Å². The lowest BCUT2D eigenvalue weighted by Gasteiger charge is -2.22. The molecule has 1 aliphatic heterocycles. The molecule has 0 atom stereocenters. The van der Waals surface area contributed by atoms with Gasteiger partial charge in [0.25, 0.3) is 0 Å². The van der Waals surface area contributed by atoms with Crippen LogP contribution < -0.4 is 0 Å². The van der Waals surface area contributed by atoms with Gasteiger partial charge in [-0.3, -0.25) is 4.90 Å². The van der Waals surface area contributed by atoms with Crippen molar-refractivity contribution in [1.82, 2.24) is 14.7 Å². The van der Waals surface area contributed by atoms with Crippen molar-refractivity contribution in [3.63, 3.8) is 0 Å². The average molecular weight is 288 g/mol. The lowest BCUT2D eigenvalue weighted by Crippen LogP contribution is -2.35. The number of hydrogen-bond donors (Lipinski definition) is 0. The van der Waals surface area contributed by atoms with Gasteiger partial charge in [-0.25, -0.2) is 4.99 Å². The quantitative estimate of drug-likeness (QED) is 0.627. The number of rotatable bonds is 4. The van der Waals surface area contributed by atoms with Gasteiger partial charge in [0.2, 0.25) is 0 Å². The fourth-order valence-corrected chi connectivity index (χ4v) is 2.87. The van der Waals surface area contributed by atoms with Crippen molar-refractivity contribution in [2.75, 3.05) is 41.3 Å². The Morgan fingerprint density at radius 3 is 2.29 bits per heavy atom. The molecule has 2 rings (SSSR count). The fourth-order valence-electron chi connectivity index (χ4n) is 2.87. The van der Waals surface area contributed by atoms with E-state index in [0.717, 1.165) is 19.0 Å². The number of likely N-dealkylation sites (tertiary alicyclic amines) is 1. The van der Waals surface area contributed by atoms with Crippen molar-refractivity contribution >= 4 is 5.96 Å². The third-order valence-corrected chi connectivity index (χ3v) is 3.80. The van der Waals surface area contributed by atoms with Crippen molar-refractivity contribution in [2.24, 2.45) is 4.99 Å². The highest BCUT2D eigenvalue weighted by molar-refractivity contribution is 5.79. The van der Waals surface area contributed by atoms with E-state index >= 15 is 0 Å². The number of nitrogens with zero attached hydrogens (tertiary/aromatic N) is 4. The highest BCUT2D eigenvalue weighted by atomic mass is 15.3. The summed E-state index contributed by atoms with van der Waals surface area (Å²) in [6.45, 7) is 4.30. The zero-order chi connectivity index (χ0) is 15.2. The van der Waals surface area contributed by atoms with Crippen molar-refractivity contribution < 1.29 is 0 Å². The van der Waals surface area contributed by atoms with E-state index in [-0.39, 0.29) is 0 Å². The summed E-state index contributed by atoms with van der Waals surface area (Å²) in [5, 5.41) is 0. The Kier molecular flexibility index (Phi) is 5.62. The summed E-state index contributed by atoms with van der Waals surface area (Å²) >= 11 is 0. The third kappa shape index (κ3) is 4.74. The SMILES string of the molecule is CN(C)C(=NCc1cccc(CN2CCCC2)c1)N(C)C. The zero-order valence-electron chi connectivity index (χ0n) is 13.8. The average Bonchev–Trinajstić information content (AvgIpc) is 2.91. The van der Waals surface area contributed by atoms with Crippen LogP contribution in [0.4, 0.5) is 0 Å². The highest BCUT2D eigenvalue weighted by Gasteiger charge is 2.11. The van der Waals surface area contributed by atoms with Crippen LogP contribution in [0.2, 0.25) is 0 Å². The Morgan fingerprint density at radius 1 is 1.05 bits per heavy atom. The molecule has 0 unspecified atom stereocenters. The van der Waals surface area contributed by atoms with Crippen molar-refractivity contribution in [3.8, 4) is 0 Å². The summed E-state index contributed by atoms with van der Waals surface area (Å²) in [6.07, 6.45) is 2.69. The minimum atomic E-state index is 0.736. The Hall–Kier alpha value is -1.55. The summed E-state index contributed by atoms with van der Waals surface area (Å²) in [4.78, 5) is 11.4. The molecule has 0 spiro atoms. The van der Waals surface area contributed by atoms with E-state index < -0.39 is 0 Å². The summed E-state index contributed by atoms with van der Waals surface area (Å²) in [7, 11) is 8.12. The highest BCUT2D eigenvalue weighted by Crippen LogP contribution is 2.14. The minimum absolute atomic E-state index is 0.736.